The largest absolute Gasteiger partial charge is 0.492 e. The Morgan fingerprint density at radius 1 is 1.20 bits per heavy atom. The second-order valence-electron chi connectivity index (χ2n) is 11.3. The van der Waals surface area contributed by atoms with Crippen molar-refractivity contribution < 1.29 is 19.0 Å². The minimum absolute atomic E-state index is 0.153. The molecule has 220 valence electrons. The van der Waals surface area contributed by atoms with Crippen molar-refractivity contribution >= 4 is 17.7 Å². The van der Waals surface area contributed by atoms with E-state index in [1.54, 1.807) is 0 Å². The summed E-state index contributed by atoms with van der Waals surface area (Å²) in [7, 11) is 4.01. The molecule has 2 aliphatic heterocycles. The van der Waals surface area contributed by atoms with Gasteiger partial charge in [0.2, 0.25) is 0 Å². The van der Waals surface area contributed by atoms with Crippen LogP contribution >= 0.6 is 0 Å². The van der Waals surface area contributed by atoms with Crippen molar-refractivity contribution in [2.75, 3.05) is 53.6 Å². The Hall–Kier alpha value is -2.74. The minimum Gasteiger partial charge on any atom is -0.492 e. The van der Waals surface area contributed by atoms with Crippen LogP contribution in [0, 0.1) is 12.8 Å². The first-order chi connectivity index (χ1) is 19.3. The molecule has 2 heterocycles. The molecule has 0 radical (unpaired) electrons. The van der Waals surface area contributed by atoms with Crippen molar-refractivity contribution in [1.29, 1.82) is 0 Å². The third-order valence-corrected chi connectivity index (χ3v) is 7.31. The molecule has 7 nitrogen and oxygen atoms in total. The van der Waals surface area contributed by atoms with Crippen LogP contribution in [0.5, 0.6) is 0 Å². The lowest BCUT2D eigenvalue weighted by Gasteiger charge is -2.22. The van der Waals surface area contributed by atoms with E-state index in [1.165, 1.54) is 5.56 Å². The number of hydrogen-bond acceptors (Lipinski definition) is 7. The summed E-state index contributed by atoms with van der Waals surface area (Å²) in [6, 6.07) is 6.57. The zero-order valence-corrected chi connectivity index (χ0v) is 25.0. The van der Waals surface area contributed by atoms with Crippen molar-refractivity contribution in [2.45, 2.75) is 64.9 Å². The Morgan fingerprint density at radius 2 is 1.98 bits per heavy atom. The van der Waals surface area contributed by atoms with E-state index in [0.29, 0.717) is 24.6 Å². The fraction of sp³-hybridized carbons (Fsp3) is 0.576. The van der Waals surface area contributed by atoms with E-state index in [0.717, 1.165) is 106 Å². The van der Waals surface area contributed by atoms with Gasteiger partial charge in [0.05, 0.1) is 25.4 Å². The predicted octanol–water partition coefficient (Wildman–Crippen LogP) is 5.71. The molecule has 0 unspecified atom stereocenters. The number of rotatable bonds is 16. The van der Waals surface area contributed by atoms with Gasteiger partial charge in [-0.3, -0.25) is 9.79 Å². The van der Waals surface area contributed by atoms with Crippen molar-refractivity contribution in [2.24, 2.45) is 10.9 Å². The number of aryl methyl sites for hydroxylation is 2. The van der Waals surface area contributed by atoms with E-state index >= 15 is 0 Å². The highest BCUT2D eigenvalue weighted by Gasteiger charge is 2.18. The number of carbonyl (C=O) groups is 1. The molecule has 40 heavy (non-hydrogen) atoms. The highest BCUT2D eigenvalue weighted by molar-refractivity contribution is 6.04. The Balaban J connectivity index is 1.63. The van der Waals surface area contributed by atoms with Crippen LogP contribution in [0.4, 0.5) is 5.69 Å². The third kappa shape index (κ3) is 11.4. The molecule has 2 saturated heterocycles. The summed E-state index contributed by atoms with van der Waals surface area (Å²) < 4.78 is 16.7. The molecule has 0 amide bonds. The maximum absolute atomic E-state index is 11.5. The maximum Gasteiger partial charge on any atom is 0.145 e. The second kappa shape index (κ2) is 17.2. The summed E-state index contributed by atoms with van der Waals surface area (Å²) in [4.78, 5) is 18.6. The van der Waals surface area contributed by atoms with Crippen LogP contribution in [0.15, 0.2) is 59.0 Å². The van der Waals surface area contributed by atoms with Gasteiger partial charge in [0.15, 0.2) is 0 Å². The van der Waals surface area contributed by atoms with Crippen molar-refractivity contribution in [3.63, 3.8) is 0 Å². The van der Waals surface area contributed by atoms with E-state index in [9.17, 15) is 4.79 Å². The zero-order valence-electron chi connectivity index (χ0n) is 25.0. The first kappa shape index (κ1) is 31.8. The van der Waals surface area contributed by atoms with Crippen LogP contribution in [0.2, 0.25) is 0 Å². The molecular weight excluding hydrogens is 502 g/mol. The first-order valence-electron chi connectivity index (χ1n) is 14.7. The van der Waals surface area contributed by atoms with Gasteiger partial charge in [0, 0.05) is 51.2 Å². The fourth-order valence-corrected chi connectivity index (χ4v) is 5.07. The lowest BCUT2D eigenvalue weighted by Crippen LogP contribution is -2.22. The molecule has 3 rings (SSSR count). The lowest BCUT2D eigenvalue weighted by molar-refractivity contribution is -0.104. The van der Waals surface area contributed by atoms with Crippen LogP contribution in [-0.4, -0.2) is 76.6 Å². The number of aldehydes is 1. The van der Waals surface area contributed by atoms with Crippen LogP contribution < -0.4 is 5.32 Å². The number of nitrogens with one attached hydrogen (secondary N) is 1. The summed E-state index contributed by atoms with van der Waals surface area (Å²) in [6.45, 7) is 12.7. The molecule has 0 saturated carbocycles. The molecule has 1 atom stereocenters. The Bertz CT molecular complexity index is 1050. The first-order valence-corrected chi connectivity index (χ1v) is 14.7. The smallest absolute Gasteiger partial charge is 0.145 e. The van der Waals surface area contributed by atoms with Crippen LogP contribution in [0.3, 0.4) is 0 Å². The molecule has 1 aromatic carbocycles. The number of ether oxygens (including phenoxy) is 3. The van der Waals surface area contributed by atoms with E-state index in [-0.39, 0.29) is 6.10 Å². The molecule has 1 N–H and O–H groups in total. The third-order valence-electron chi connectivity index (χ3n) is 7.31. The van der Waals surface area contributed by atoms with E-state index < -0.39 is 0 Å². The molecule has 0 aliphatic carbocycles. The summed E-state index contributed by atoms with van der Waals surface area (Å²) >= 11 is 0. The number of benzene rings is 1. The SMILES string of the molecule is C=C(CNCCCc1ccc(N=C(CCC2CCOCC2)C(/C=C(/C)C=O)=C/N(C)C)c(C)c1)O[C@H]1CCOC1. The van der Waals surface area contributed by atoms with Gasteiger partial charge in [-0.05, 0) is 93.7 Å². The van der Waals surface area contributed by atoms with E-state index in [1.807, 2.05) is 32.0 Å². The number of allylic oxidation sites excluding steroid dienone is 3. The lowest BCUT2D eigenvalue weighted by atomic mass is 9.91. The number of carbonyl (C=O) groups excluding carboxylic acids is 1. The quantitative estimate of drug-likeness (QED) is 0.0709. The minimum atomic E-state index is 0.153. The summed E-state index contributed by atoms with van der Waals surface area (Å²) in [5.41, 5.74) is 6.15. The Labute approximate surface area is 241 Å². The normalized spacial score (nSPS) is 19.1. The monoisotopic (exact) mass is 551 g/mol. The molecule has 2 fully saturated rings. The Kier molecular flexibility index (Phi) is 13.6. The molecule has 0 aromatic heterocycles. The van der Waals surface area contributed by atoms with Crippen molar-refractivity contribution in [3.05, 3.63) is 65.1 Å². The van der Waals surface area contributed by atoms with Crippen LogP contribution in [-0.2, 0) is 25.4 Å². The summed E-state index contributed by atoms with van der Waals surface area (Å²) in [5.74, 6) is 1.43. The highest BCUT2D eigenvalue weighted by atomic mass is 16.5. The summed E-state index contributed by atoms with van der Waals surface area (Å²) in [5, 5.41) is 3.44. The average molecular weight is 552 g/mol. The van der Waals surface area contributed by atoms with Gasteiger partial charge in [-0.15, -0.1) is 0 Å². The molecule has 0 spiro atoms. The van der Waals surface area contributed by atoms with Gasteiger partial charge in [0.1, 0.15) is 18.1 Å². The van der Waals surface area contributed by atoms with Crippen LogP contribution in [0.25, 0.3) is 0 Å². The van der Waals surface area contributed by atoms with Gasteiger partial charge in [-0.25, -0.2) is 0 Å². The standard InChI is InChI=1S/C33H49N3O4/c1-25(23-37)19-30(22-36(4)5)33(11-8-28-12-16-38-17-13-28)35-32-10-9-29(20-26(32)2)7-6-15-34-21-27(3)40-31-14-18-39-24-31/h9-10,19-20,22-23,28,31,34H,3,6-8,11-18,21,24H2,1-2,4-5H3/b25-19-,30-22+,35-33?/t31-/m0/s1. The van der Waals surface area contributed by atoms with Gasteiger partial charge in [-0.2, -0.15) is 0 Å². The fourth-order valence-electron chi connectivity index (χ4n) is 5.07. The number of nitrogens with zero attached hydrogens (tertiary/aromatic N) is 2. The topological polar surface area (TPSA) is 72.4 Å². The van der Waals surface area contributed by atoms with Gasteiger partial charge < -0.3 is 24.4 Å². The molecule has 1 aromatic rings. The number of aliphatic imine (C=N–C) groups is 1. The van der Waals surface area contributed by atoms with Crippen molar-refractivity contribution in [3.8, 4) is 0 Å². The van der Waals surface area contributed by atoms with E-state index in [2.05, 4.69) is 43.2 Å². The van der Waals surface area contributed by atoms with Crippen molar-refractivity contribution in [1.82, 2.24) is 10.2 Å². The second-order valence-corrected chi connectivity index (χ2v) is 11.3. The molecular formula is C33H49N3O4. The van der Waals surface area contributed by atoms with Crippen LogP contribution in [0.1, 0.15) is 56.6 Å². The van der Waals surface area contributed by atoms with Gasteiger partial charge >= 0.3 is 0 Å². The molecule has 7 heteroatoms. The maximum atomic E-state index is 11.5. The van der Waals surface area contributed by atoms with Gasteiger partial charge in [-0.1, -0.05) is 18.7 Å². The zero-order chi connectivity index (χ0) is 28.7. The average Bonchev–Trinajstić information content (AvgIpc) is 3.44. The molecule has 2 aliphatic rings. The highest BCUT2D eigenvalue weighted by Crippen LogP contribution is 2.26. The number of hydrogen-bond donors (Lipinski definition) is 1. The molecule has 0 bridgehead atoms. The van der Waals surface area contributed by atoms with E-state index in [4.69, 9.17) is 19.2 Å². The Morgan fingerprint density at radius 3 is 2.65 bits per heavy atom. The summed E-state index contributed by atoms with van der Waals surface area (Å²) in [6.07, 6.45) is 12.2. The van der Waals surface area contributed by atoms with Gasteiger partial charge in [0.25, 0.3) is 0 Å². The predicted molar refractivity (Wildman–Crippen MR) is 163 cm³/mol.